The zero-order valence-electron chi connectivity index (χ0n) is 37.7. The van der Waals surface area contributed by atoms with Crippen molar-refractivity contribution in [1.82, 2.24) is 30.3 Å². The lowest BCUT2D eigenvalue weighted by Crippen LogP contribution is -2.55. The van der Waals surface area contributed by atoms with Crippen LogP contribution in [0.25, 0.3) is 0 Å². The molecule has 3 aromatic rings. The number of Topliss-reactive ketones (excluding diaryl/α,β-unsaturated/α-hetero) is 1. The van der Waals surface area contributed by atoms with Gasteiger partial charge >= 0.3 is 0 Å². The van der Waals surface area contributed by atoms with Gasteiger partial charge in [0.2, 0.25) is 37.6 Å². The Bertz CT molecular complexity index is 2310. The lowest BCUT2D eigenvalue weighted by molar-refractivity contribution is -0.140. The molecule has 2 aliphatic rings. The van der Waals surface area contributed by atoms with E-state index < -0.39 is 49.7 Å². The van der Waals surface area contributed by atoms with Crippen LogP contribution in [0, 0.1) is 11.8 Å². The minimum atomic E-state index is -3.86. The predicted octanol–water partition coefficient (Wildman–Crippen LogP) is 4.42. The van der Waals surface area contributed by atoms with Gasteiger partial charge in [-0.2, -0.15) is 0 Å². The van der Waals surface area contributed by atoms with E-state index in [0.717, 1.165) is 64.0 Å². The number of carbonyl (C=O) groups is 6. The minimum absolute atomic E-state index is 0.0358. The number of nitrogens with zero attached hydrogens (tertiary/aromatic N) is 1. The van der Waals surface area contributed by atoms with Crippen molar-refractivity contribution in [2.45, 2.75) is 113 Å². The Morgan fingerprint density at radius 1 is 0.621 bits per heavy atom. The van der Waals surface area contributed by atoms with Gasteiger partial charge in [0.25, 0.3) is 17.7 Å². The van der Waals surface area contributed by atoms with Crippen LogP contribution in [0.3, 0.4) is 0 Å². The lowest BCUT2D eigenvalue weighted by Gasteiger charge is -2.27. The second kappa shape index (κ2) is 25.6. The highest BCUT2D eigenvalue weighted by molar-refractivity contribution is 7.89. The number of rotatable bonds is 29. The molecule has 0 bridgehead atoms. The van der Waals surface area contributed by atoms with E-state index in [2.05, 4.69) is 25.4 Å². The number of ketones is 1. The van der Waals surface area contributed by atoms with Crippen molar-refractivity contribution in [3.05, 3.63) is 102 Å². The molecule has 3 unspecified atom stereocenters. The number of sulfonamides is 2. The maximum absolute atomic E-state index is 14.2. The smallest absolute Gasteiger partial charge is 0.289 e. The quantitative estimate of drug-likeness (QED) is 0.0374. The zero-order chi connectivity index (χ0) is 47.5. The van der Waals surface area contributed by atoms with Gasteiger partial charge in [-0.3, -0.25) is 33.7 Å². The number of hydrogen-bond donors (Lipinski definition) is 5. The highest BCUT2D eigenvalue weighted by atomic mass is 32.2. The maximum atomic E-state index is 14.2. The molecular weight excluding hydrogens is 885 g/mol. The van der Waals surface area contributed by atoms with E-state index in [-0.39, 0.29) is 66.9 Å². The van der Waals surface area contributed by atoms with Gasteiger partial charge in [-0.15, -0.1) is 0 Å². The van der Waals surface area contributed by atoms with E-state index >= 15 is 0 Å². The van der Waals surface area contributed by atoms with E-state index in [1.807, 2.05) is 0 Å². The SMILES string of the molecule is CS(=O)(=O)NCCCCC(NC(=O)C(CCCCCCCCN1C(=O)c2ccccc2C1=O)C1CCCC1)C(=O)NC(Cc1ccccc1)C(=O)C(=O)NCCNS(=O)(=O)c1ccccc1. The standard InChI is InChI=1S/C48H64N6O10S2/c1-65(61,62)50-30-18-17-29-41(45(57)53-42(34-35-20-8-6-9-21-35)43(55)46(58)49-31-32-51-66(63,64)37-24-10-7-11-25-37)52-44(56)38(36-22-13-14-23-36)26-12-4-2-3-5-19-33-54-47(59)39-27-15-16-28-40(39)48(54)60/h6-11,15-16,20-21,24-25,27-28,36,38,41-42,50-51H,2-5,12-14,17-19,22-23,26,29-34H2,1H3,(H,49,58)(H,52,56)(H,53,57). The van der Waals surface area contributed by atoms with Crippen molar-refractivity contribution in [2.24, 2.45) is 11.8 Å². The van der Waals surface area contributed by atoms with E-state index in [4.69, 9.17) is 0 Å². The van der Waals surface area contributed by atoms with Crippen LogP contribution in [0.1, 0.15) is 116 Å². The van der Waals surface area contributed by atoms with Crippen molar-refractivity contribution in [2.75, 3.05) is 32.4 Å². The average Bonchev–Trinajstić information content (AvgIpc) is 3.92. The second-order valence-electron chi connectivity index (χ2n) is 17.2. The number of fused-ring (bicyclic) bond motifs is 1. The number of carbonyl (C=O) groups excluding carboxylic acids is 6. The molecule has 1 saturated carbocycles. The first-order chi connectivity index (χ1) is 31.6. The molecule has 1 heterocycles. The van der Waals surface area contributed by atoms with Crippen LogP contribution in [-0.2, 0) is 45.6 Å². The molecule has 66 heavy (non-hydrogen) atoms. The summed E-state index contributed by atoms with van der Waals surface area (Å²) >= 11 is 0. The summed E-state index contributed by atoms with van der Waals surface area (Å²) in [7, 11) is -7.30. The van der Waals surface area contributed by atoms with Crippen molar-refractivity contribution in [1.29, 1.82) is 0 Å². The van der Waals surface area contributed by atoms with Gasteiger partial charge in [-0.1, -0.05) is 106 Å². The molecule has 16 nitrogen and oxygen atoms in total. The molecule has 3 aromatic carbocycles. The van der Waals surface area contributed by atoms with Gasteiger partial charge in [-0.25, -0.2) is 26.3 Å². The Hall–Kier alpha value is -5.30. The molecule has 5 N–H and O–H groups in total. The predicted molar refractivity (Wildman–Crippen MR) is 250 cm³/mol. The third kappa shape index (κ3) is 15.9. The highest BCUT2D eigenvalue weighted by Gasteiger charge is 2.36. The maximum Gasteiger partial charge on any atom is 0.289 e. The summed E-state index contributed by atoms with van der Waals surface area (Å²) in [5, 5.41) is 8.18. The normalized spacial score (nSPS) is 15.5. The Kier molecular flexibility index (Phi) is 20.0. The lowest BCUT2D eigenvalue weighted by atomic mass is 9.85. The summed E-state index contributed by atoms with van der Waals surface area (Å²) in [5.74, 6) is -3.61. The third-order valence-electron chi connectivity index (χ3n) is 12.1. The zero-order valence-corrected chi connectivity index (χ0v) is 39.3. The van der Waals surface area contributed by atoms with Gasteiger partial charge < -0.3 is 16.0 Å². The Morgan fingerprint density at radius 2 is 1.18 bits per heavy atom. The van der Waals surface area contributed by atoms with Crippen molar-refractivity contribution >= 4 is 55.4 Å². The number of imide groups is 1. The van der Waals surface area contributed by atoms with Crippen LogP contribution in [0.2, 0.25) is 0 Å². The van der Waals surface area contributed by atoms with Crippen LogP contribution < -0.4 is 25.4 Å². The molecule has 5 amide bonds. The van der Waals surface area contributed by atoms with E-state index in [0.29, 0.717) is 48.9 Å². The van der Waals surface area contributed by atoms with Crippen LogP contribution in [0.15, 0.2) is 89.8 Å². The molecule has 5 rings (SSSR count). The molecule has 18 heteroatoms. The van der Waals surface area contributed by atoms with Gasteiger partial charge in [0.1, 0.15) is 12.1 Å². The van der Waals surface area contributed by atoms with Crippen molar-refractivity contribution in [3.63, 3.8) is 0 Å². The van der Waals surface area contributed by atoms with Gasteiger partial charge in [0.15, 0.2) is 0 Å². The summed E-state index contributed by atoms with van der Waals surface area (Å²) in [4.78, 5) is 82.2. The van der Waals surface area contributed by atoms with Crippen molar-refractivity contribution in [3.8, 4) is 0 Å². The fourth-order valence-electron chi connectivity index (χ4n) is 8.62. The number of hydrogen-bond acceptors (Lipinski definition) is 10. The molecule has 358 valence electrons. The van der Waals surface area contributed by atoms with Gasteiger partial charge in [0.05, 0.1) is 22.3 Å². The molecule has 1 aliphatic heterocycles. The van der Waals surface area contributed by atoms with Crippen LogP contribution in [-0.4, -0.2) is 102 Å². The Labute approximate surface area is 388 Å². The van der Waals surface area contributed by atoms with Crippen LogP contribution in [0.4, 0.5) is 0 Å². The van der Waals surface area contributed by atoms with Gasteiger partial charge in [-0.05, 0) is 80.7 Å². The Balaban J connectivity index is 1.18. The first kappa shape index (κ1) is 51.7. The van der Waals surface area contributed by atoms with E-state index in [9.17, 15) is 45.6 Å². The largest absolute Gasteiger partial charge is 0.348 e. The first-order valence-electron chi connectivity index (χ1n) is 23.1. The summed E-state index contributed by atoms with van der Waals surface area (Å²) in [6, 6.07) is 20.9. The molecule has 0 saturated heterocycles. The fraction of sp³-hybridized carbons (Fsp3) is 0.500. The van der Waals surface area contributed by atoms with Crippen LogP contribution in [0.5, 0.6) is 0 Å². The second-order valence-corrected chi connectivity index (χ2v) is 20.8. The van der Waals surface area contributed by atoms with Crippen molar-refractivity contribution < 1.29 is 45.6 Å². The molecular formula is C48H64N6O10S2. The topological polar surface area (TPSA) is 234 Å². The summed E-state index contributed by atoms with van der Waals surface area (Å²) < 4.78 is 53.5. The molecule has 1 fully saturated rings. The van der Waals surface area contributed by atoms with Gasteiger partial charge in [0, 0.05) is 38.5 Å². The summed E-state index contributed by atoms with van der Waals surface area (Å²) in [5.41, 5.74) is 1.56. The number of benzene rings is 3. The third-order valence-corrected chi connectivity index (χ3v) is 14.3. The molecule has 0 radical (unpaired) electrons. The highest BCUT2D eigenvalue weighted by Crippen LogP contribution is 2.35. The average molecular weight is 949 g/mol. The summed E-state index contributed by atoms with van der Waals surface area (Å²) in [6.07, 6.45) is 11.3. The number of unbranched alkanes of at least 4 members (excludes halogenated alkanes) is 6. The van der Waals surface area contributed by atoms with Crippen LogP contribution >= 0.6 is 0 Å². The van der Waals surface area contributed by atoms with E-state index in [1.54, 1.807) is 72.8 Å². The minimum Gasteiger partial charge on any atom is -0.348 e. The van der Waals surface area contributed by atoms with E-state index in [1.165, 1.54) is 17.0 Å². The Morgan fingerprint density at radius 3 is 1.82 bits per heavy atom. The number of nitrogens with one attached hydrogen (secondary N) is 5. The number of amides is 5. The molecule has 0 aromatic heterocycles. The fourth-order valence-corrected chi connectivity index (χ4v) is 10.2. The monoisotopic (exact) mass is 948 g/mol. The molecule has 3 atom stereocenters. The first-order valence-corrected chi connectivity index (χ1v) is 26.4. The molecule has 1 aliphatic carbocycles. The molecule has 0 spiro atoms. The summed E-state index contributed by atoms with van der Waals surface area (Å²) in [6.45, 7) is 0.0995.